The molecular formula is C29H25FNO7P. The van der Waals surface area contributed by atoms with Crippen LogP contribution in [0.4, 0.5) is 10.1 Å². The van der Waals surface area contributed by atoms with Crippen LogP contribution < -0.4 is 10.2 Å². The molecule has 8 nitrogen and oxygen atoms in total. The summed E-state index contributed by atoms with van der Waals surface area (Å²) in [6.45, 7) is -0.216. The number of aromatic hydroxyl groups is 1. The summed E-state index contributed by atoms with van der Waals surface area (Å²) in [5, 5.41) is 21.4. The van der Waals surface area contributed by atoms with Gasteiger partial charge in [-0.05, 0) is 59.2 Å². The number of hydrogen-bond donors (Lipinski definition) is 4. The number of halogens is 1. The minimum Gasteiger partial charge on any atom is -0.508 e. The zero-order valence-electron chi connectivity index (χ0n) is 20.5. The van der Waals surface area contributed by atoms with Gasteiger partial charge in [0.1, 0.15) is 23.7 Å². The summed E-state index contributed by atoms with van der Waals surface area (Å²) in [5.41, 5.74) is 2.72. The second-order valence-electron chi connectivity index (χ2n) is 9.17. The number of benzene rings is 4. The summed E-state index contributed by atoms with van der Waals surface area (Å²) in [7, 11) is -4.38. The molecule has 200 valence electrons. The fraction of sp³-hybridized carbons (Fsp3) is 0.138. The maximum absolute atomic E-state index is 13.2. The van der Waals surface area contributed by atoms with Gasteiger partial charge in [-0.15, -0.1) is 0 Å². The molecule has 0 radical (unpaired) electrons. The monoisotopic (exact) mass is 549 g/mol. The Hall–Kier alpha value is -3.85. The normalized spacial score (nSPS) is 18.1. The molecule has 0 spiro atoms. The third kappa shape index (κ3) is 5.49. The molecule has 5 rings (SSSR count). The van der Waals surface area contributed by atoms with Crippen molar-refractivity contribution in [2.45, 2.75) is 18.2 Å². The van der Waals surface area contributed by atoms with Crippen LogP contribution in [0.2, 0.25) is 0 Å². The molecule has 4 N–H and O–H groups in total. The minimum absolute atomic E-state index is 0.0994. The van der Waals surface area contributed by atoms with Gasteiger partial charge >= 0.3 is 7.60 Å². The highest BCUT2D eigenvalue weighted by Crippen LogP contribution is 2.45. The Morgan fingerprint density at radius 2 is 1.54 bits per heavy atom. The number of carbonyl (C=O) groups excluding carboxylic acids is 1. The van der Waals surface area contributed by atoms with E-state index in [1.807, 2.05) is 6.07 Å². The summed E-state index contributed by atoms with van der Waals surface area (Å²) < 4.78 is 30.6. The Morgan fingerprint density at radius 1 is 0.897 bits per heavy atom. The molecule has 0 aliphatic carbocycles. The number of hydrogen-bond acceptors (Lipinski definition) is 5. The van der Waals surface area contributed by atoms with Crippen LogP contribution in [0.3, 0.4) is 0 Å². The molecule has 0 aromatic heterocycles. The third-order valence-corrected chi connectivity index (χ3v) is 7.63. The number of rotatable bonds is 8. The van der Waals surface area contributed by atoms with Gasteiger partial charge in [0.25, 0.3) is 5.91 Å². The second kappa shape index (κ2) is 10.7. The van der Waals surface area contributed by atoms with Crippen molar-refractivity contribution in [3.63, 3.8) is 0 Å². The molecule has 39 heavy (non-hydrogen) atoms. The number of phenolic OH excluding ortho intramolecular Hbond substituents is 1. The molecule has 0 saturated carbocycles. The summed E-state index contributed by atoms with van der Waals surface area (Å²) in [6.07, 6.45) is -2.07. The van der Waals surface area contributed by atoms with Gasteiger partial charge in [0.05, 0.1) is 11.9 Å². The molecule has 1 heterocycles. The van der Waals surface area contributed by atoms with E-state index in [9.17, 15) is 33.7 Å². The fourth-order valence-electron chi connectivity index (χ4n) is 4.60. The van der Waals surface area contributed by atoms with Gasteiger partial charge in [0.15, 0.2) is 6.10 Å². The van der Waals surface area contributed by atoms with Crippen LogP contribution in [0.5, 0.6) is 5.75 Å². The van der Waals surface area contributed by atoms with Crippen LogP contribution in [0.15, 0.2) is 97.1 Å². The molecule has 1 fully saturated rings. The number of aliphatic hydroxyl groups excluding tert-OH is 1. The second-order valence-corrected chi connectivity index (χ2v) is 10.8. The summed E-state index contributed by atoms with van der Waals surface area (Å²) in [4.78, 5) is 33.4. The lowest BCUT2D eigenvalue weighted by Gasteiger charge is -2.47. The zero-order valence-corrected chi connectivity index (χ0v) is 21.4. The van der Waals surface area contributed by atoms with E-state index >= 15 is 0 Å². The number of aliphatic hydroxyl groups is 1. The Bertz CT molecular complexity index is 1520. The van der Waals surface area contributed by atoms with E-state index in [1.54, 1.807) is 48.5 Å². The Balaban J connectivity index is 1.42. The Labute approximate surface area is 223 Å². The van der Waals surface area contributed by atoms with E-state index in [0.717, 1.165) is 0 Å². The van der Waals surface area contributed by atoms with Crippen molar-refractivity contribution in [2.24, 2.45) is 0 Å². The van der Waals surface area contributed by atoms with Crippen molar-refractivity contribution in [3.05, 3.63) is 114 Å². The van der Waals surface area contributed by atoms with Gasteiger partial charge in [-0.2, -0.15) is 0 Å². The first-order chi connectivity index (χ1) is 18.6. The number of anilines is 1. The van der Waals surface area contributed by atoms with E-state index < -0.39 is 31.7 Å². The van der Waals surface area contributed by atoms with Crippen molar-refractivity contribution in [3.8, 4) is 16.9 Å². The van der Waals surface area contributed by atoms with Crippen LogP contribution in [0.25, 0.3) is 11.1 Å². The maximum Gasteiger partial charge on any atom is 0.356 e. The lowest BCUT2D eigenvalue weighted by Crippen LogP contribution is -2.60. The highest BCUT2D eigenvalue weighted by Gasteiger charge is 2.51. The van der Waals surface area contributed by atoms with E-state index in [0.29, 0.717) is 27.9 Å². The van der Waals surface area contributed by atoms with Crippen LogP contribution in [-0.2, 0) is 14.1 Å². The SMILES string of the molecule is O=C1C(OCC(O)c2ccc(F)cc2)C(c2ccc(-c3ccc(P(=O)(O)O)cc3)cc2O)N1c1ccccc1. The average Bonchev–Trinajstić information content (AvgIpc) is 2.92. The average molecular weight is 549 g/mol. The summed E-state index contributed by atoms with van der Waals surface area (Å²) in [6, 6.07) is 24.3. The van der Waals surface area contributed by atoms with Crippen molar-refractivity contribution >= 4 is 24.5 Å². The summed E-state index contributed by atoms with van der Waals surface area (Å²) in [5.74, 6) is -0.872. The van der Waals surface area contributed by atoms with Crippen molar-refractivity contribution in [2.75, 3.05) is 11.5 Å². The predicted octanol–water partition coefficient (Wildman–Crippen LogP) is 4.21. The summed E-state index contributed by atoms with van der Waals surface area (Å²) >= 11 is 0. The number of β-lactam (4-membered cyclic amide) rings is 1. The zero-order chi connectivity index (χ0) is 27.7. The predicted molar refractivity (Wildman–Crippen MR) is 143 cm³/mol. The minimum atomic E-state index is -4.38. The highest BCUT2D eigenvalue weighted by molar-refractivity contribution is 7.60. The topological polar surface area (TPSA) is 128 Å². The highest BCUT2D eigenvalue weighted by atomic mass is 31.2. The Morgan fingerprint density at radius 3 is 2.15 bits per heavy atom. The third-order valence-electron chi connectivity index (χ3n) is 6.65. The van der Waals surface area contributed by atoms with Crippen LogP contribution in [0, 0.1) is 5.82 Å². The first-order valence-corrected chi connectivity index (χ1v) is 13.7. The molecule has 0 bridgehead atoms. The lowest BCUT2D eigenvalue weighted by molar-refractivity contribution is -0.145. The van der Waals surface area contributed by atoms with Crippen molar-refractivity contribution in [1.82, 2.24) is 0 Å². The Kier molecular flexibility index (Phi) is 7.36. The van der Waals surface area contributed by atoms with Gasteiger partial charge in [-0.25, -0.2) is 4.39 Å². The number of phenols is 1. The molecule has 4 aromatic rings. The van der Waals surface area contributed by atoms with Crippen LogP contribution in [-0.4, -0.2) is 38.6 Å². The van der Waals surface area contributed by atoms with Gasteiger partial charge < -0.3 is 24.7 Å². The molecule has 1 amide bonds. The van der Waals surface area contributed by atoms with Gasteiger partial charge in [-0.1, -0.05) is 54.6 Å². The maximum atomic E-state index is 13.2. The molecular weight excluding hydrogens is 524 g/mol. The fourth-order valence-corrected chi connectivity index (χ4v) is 5.14. The molecule has 3 atom stereocenters. The molecule has 1 saturated heterocycles. The van der Waals surface area contributed by atoms with Crippen LogP contribution >= 0.6 is 7.60 Å². The standard InChI is InChI=1S/C29H25FNO7P/c30-21-11-6-19(7-12-21)26(33)17-38-28-27(31(29(28)34)22-4-2-1-3-5-22)24-15-10-20(16-25(24)32)18-8-13-23(14-9-18)39(35,36)37/h1-16,26-28,32-33H,17H2,(H2,35,36,37). The van der Waals surface area contributed by atoms with Gasteiger partial charge in [0, 0.05) is 11.3 Å². The van der Waals surface area contributed by atoms with Crippen molar-refractivity contribution in [1.29, 1.82) is 0 Å². The first-order valence-electron chi connectivity index (χ1n) is 12.1. The number of para-hydroxylation sites is 1. The lowest BCUT2D eigenvalue weighted by atomic mass is 9.88. The molecule has 1 aliphatic rings. The van der Waals surface area contributed by atoms with Gasteiger partial charge in [-0.3, -0.25) is 14.3 Å². The van der Waals surface area contributed by atoms with Gasteiger partial charge in [0.2, 0.25) is 0 Å². The van der Waals surface area contributed by atoms with E-state index in [2.05, 4.69) is 0 Å². The number of nitrogens with zero attached hydrogens (tertiary/aromatic N) is 1. The van der Waals surface area contributed by atoms with E-state index in [-0.39, 0.29) is 23.6 Å². The van der Waals surface area contributed by atoms with E-state index in [1.165, 1.54) is 47.4 Å². The van der Waals surface area contributed by atoms with Crippen molar-refractivity contribution < 1.29 is 38.5 Å². The quantitative estimate of drug-likeness (QED) is 0.192. The molecule has 4 aromatic carbocycles. The largest absolute Gasteiger partial charge is 0.508 e. The number of amides is 1. The molecule has 1 aliphatic heterocycles. The smallest absolute Gasteiger partial charge is 0.356 e. The van der Waals surface area contributed by atoms with Crippen LogP contribution in [0.1, 0.15) is 23.3 Å². The van der Waals surface area contributed by atoms with E-state index in [4.69, 9.17) is 4.74 Å². The first kappa shape index (κ1) is 26.7. The molecule has 10 heteroatoms. The number of ether oxygens (including phenoxy) is 1. The number of carbonyl (C=O) groups is 1. The molecule has 3 unspecified atom stereocenters.